The SMILES string of the molecule is CC1=C(CCC(=O)O)c2cc3[nH]c(cc4nc(cc5[nH]c(cc1n2)c(C(C)OCCn1c([N+](=O)[O-])cnc1C)c5C)C(S(=O)(=O)O)=C4C)c(C)c3CCC(=O)OCCn1c([N+](=O)[O-])cnc1C. The Kier molecular flexibility index (Phi) is 13.4. The van der Waals surface area contributed by atoms with E-state index < -0.39 is 42.9 Å². The lowest BCUT2D eigenvalue weighted by Crippen LogP contribution is -2.14. The molecule has 0 fully saturated rings. The number of ether oxygens (including phenoxy) is 2. The van der Waals surface area contributed by atoms with Crippen LogP contribution in [0.2, 0.25) is 0 Å². The van der Waals surface area contributed by atoms with Crippen LogP contribution in [0, 0.1) is 47.9 Å². The summed E-state index contributed by atoms with van der Waals surface area (Å²) in [6.45, 7) is 12.1. The quantitative estimate of drug-likeness (QED) is 0.0308. The monoisotopic (exact) mass is 940 g/mol. The van der Waals surface area contributed by atoms with E-state index in [-0.39, 0.29) is 80.6 Å². The molecule has 22 nitrogen and oxygen atoms in total. The second kappa shape index (κ2) is 18.9. The molecule has 352 valence electrons. The number of allylic oxidation sites excluding steroid dienone is 3. The zero-order chi connectivity index (χ0) is 48.6. The highest BCUT2D eigenvalue weighted by Gasteiger charge is 2.29. The summed E-state index contributed by atoms with van der Waals surface area (Å²) in [6.07, 6.45) is 1.66. The van der Waals surface area contributed by atoms with Gasteiger partial charge in [0.25, 0.3) is 10.1 Å². The fraction of sp³-hybridized carbons (Fsp3) is 0.364. The fourth-order valence-electron chi connectivity index (χ4n) is 8.53. The largest absolute Gasteiger partial charge is 0.481 e. The van der Waals surface area contributed by atoms with E-state index in [4.69, 9.17) is 19.4 Å². The van der Waals surface area contributed by atoms with E-state index in [2.05, 4.69) is 19.9 Å². The van der Waals surface area contributed by atoms with Crippen LogP contribution in [0.1, 0.15) is 103 Å². The maximum Gasteiger partial charge on any atom is 0.342 e. The molecular formula is C44H48N10O12S. The van der Waals surface area contributed by atoms with Gasteiger partial charge in [-0.2, -0.15) is 8.42 Å². The minimum absolute atomic E-state index is 0.0160. The number of hydrogen-bond acceptors (Lipinski definition) is 14. The van der Waals surface area contributed by atoms with Gasteiger partial charge in [-0.1, -0.05) is 0 Å². The molecule has 2 aliphatic heterocycles. The number of imidazole rings is 2. The average Bonchev–Trinajstić information content (AvgIpc) is 4.07. The zero-order valence-corrected chi connectivity index (χ0v) is 38.5. The summed E-state index contributed by atoms with van der Waals surface area (Å²) in [5, 5.41) is 32.8. The number of aryl methyl sites for hydroxylation is 5. The molecule has 67 heavy (non-hydrogen) atoms. The first kappa shape index (κ1) is 47.6. The first-order valence-corrected chi connectivity index (χ1v) is 22.5. The molecular weight excluding hydrogens is 893 g/mol. The number of aromatic nitrogens is 8. The highest BCUT2D eigenvalue weighted by Crippen LogP contribution is 2.38. The van der Waals surface area contributed by atoms with Crippen molar-refractivity contribution >= 4 is 77.4 Å². The summed E-state index contributed by atoms with van der Waals surface area (Å²) in [6, 6.07) is 6.70. The second-order valence-electron chi connectivity index (χ2n) is 16.2. The molecule has 0 aromatic carbocycles. The molecule has 4 N–H and O–H groups in total. The number of fused-ring (bicyclic) bond motifs is 8. The van der Waals surface area contributed by atoms with Gasteiger partial charge in [0.2, 0.25) is 0 Å². The molecule has 0 aliphatic carbocycles. The molecule has 8 bridgehead atoms. The standard InChI is InChI=1S/C44H48N10O12S/c1-22-29(8-10-41(55)56)35-19-36-30(9-11-42(57)66-15-13-52-28(7)46-21-40(52)54(60)61)23(2)31(47-36)16-34-25(4)44(67(62,63)64)38(50-34)18-33-24(3)43(37(49-33)17-32(22)48-35)26(5)65-14-12-51-27(6)45-20-39(51)53(58)59/h16-21,26,47,49H,8-15H2,1-7H3,(H,55,56)(H,62,63,64). The molecule has 7 heterocycles. The van der Waals surface area contributed by atoms with Crippen LogP contribution in [0.15, 0.2) is 36.7 Å². The van der Waals surface area contributed by atoms with Crippen molar-refractivity contribution in [3.8, 4) is 0 Å². The molecule has 0 saturated heterocycles. The number of nitrogens with one attached hydrogen (secondary N) is 2. The third-order valence-corrected chi connectivity index (χ3v) is 13.1. The van der Waals surface area contributed by atoms with Gasteiger partial charge in [-0.3, -0.25) is 14.1 Å². The number of nitrogens with zero attached hydrogens (tertiary/aromatic N) is 8. The van der Waals surface area contributed by atoms with E-state index in [9.17, 15) is 47.9 Å². The lowest BCUT2D eigenvalue weighted by Gasteiger charge is -2.14. The van der Waals surface area contributed by atoms with Gasteiger partial charge in [0.15, 0.2) is 11.6 Å². The number of rotatable bonds is 17. The normalized spacial score (nSPS) is 13.4. The summed E-state index contributed by atoms with van der Waals surface area (Å²) in [7, 11) is -4.83. The van der Waals surface area contributed by atoms with Crippen LogP contribution >= 0.6 is 0 Å². The molecule has 0 radical (unpaired) electrons. The van der Waals surface area contributed by atoms with E-state index in [0.717, 1.165) is 6.20 Å². The third kappa shape index (κ3) is 9.78. The Morgan fingerprint density at radius 1 is 0.746 bits per heavy atom. The van der Waals surface area contributed by atoms with Crippen LogP contribution in [0.3, 0.4) is 0 Å². The topological polar surface area (TPSA) is 306 Å². The van der Waals surface area contributed by atoms with Gasteiger partial charge in [0.05, 0.1) is 35.5 Å². The van der Waals surface area contributed by atoms with Crippen molar-refractivity contribution in [2.24, 2.45) is 0 Å². The minimum atomic E-state index is -4.83. The van der Waals surface area contributed by atoms with Gasteiger partial charge in [-0.15, -0.1) is 0 Å². The molecule has 7 rings (SSSR count). The van der Waals surface area contributed by atoms with Crippen molar-refractivity contribution in [2.45, 2.75) is 93.3 Å². The molecule has 1 unspecified atom stereocenters. The van der Waals surface area contributed by atoms with Gasteiger partial charge in [-0.25, -0.2) is 29.1 Å². The number of carbonyl (C=O) groups excluding carboxylic acids is 1. The lowest BCUT2D eigenvalue weighted by molar-refractivity contribution is -0.392. The molecule has 0 amide bonds. The average molecular weight is 941 g/mol. The molecule has 2 aliphatic rings. The van der Waals surface area contributed by atoms with Crippen LogP contribution in [0.25, 0.3) is 43.7 Å². The number of carboxylic acid groups (broad SMARTS) is 1. The smallest absolute Gasteiger partial charge is 0.342 e. The minimum Gasteiger partial charge on any atom is -0.481 e. The Morgan fingerprint density at radius 2 is 1.28 bits per heavy atom. The Balaban J connectivity index is 1.36. The van der Waals surface area contributed by atoms with Crippen LogP contribution in [0.5, 0.6) is 0 Å². The van der Waals surface area contributed by atoms with E-state index in [1.807, 2.05) is 13.8 Å². The number of nitro groups is 2. The number of carbonyl (C=O) groups is 2. The van der Waals surface area contributed by atoms with Crippen molar-refractivity contribution in [1.82, 2.24) is 39.0 Å². The van der Waals surface area contributed by atoms with E-state index in [1.54, 1.807) is 45.9 Å². The maximum atomic E-state index is 13.2. The third-order valence-electron chi connectivity index (χ3n) is 12.1. The van der Waals surface area contributed by atoms with Gasteiger partial charge in [0, 0.05) is 54.3 Å². The summed E-state index contributed by atoms with van der Waals surface area (Å²) in [5.41, 5.74) is 7.27. The van der Waals surface area contributed by atoms with Gasteiger partial charge >= 0.3 is 23.6 Å². The second-order valence-corrected chi connectivity index (χ2v) is 17.6. The Labute approximate surface area is 382 Å². The highest BCUT2D eigenvalue weighted by atomic mass is 32.2. The number of H-pyrrole nitrogens is 2. The first-order chi connectivity index (χ1) is 31.6. The predicted molar refractivity (Wildman–Crippen MR) is 245 cm³/mol. The number of hydrogen-bond donors (Lipinski definition) is 4. The van der Waals surface area contributed by atoms with Gasteiger partial charge in [-0.05, 0) is 115 Å². The van der Waals surface area contributed by atoms with Crippen LogP contribution in [0.4, 0.5) is 11.6 Å². The summed E-state index contributed by atoms with van der Waals surface area (Å²) < 4.78 is 51.2. The van der Waals surface area contributed by atoms with Crippen LogP contribution < -0.4 is 0 Å². The Hall–Kier alpha value is -7.37. The first-order valence-electron chi connectivity index (χ1n) is 21.1. The number of carboxylic acids is 1. The van der Waals surface area contributed by atoms with Gasteiger partial charge in [0.1, 0.15) is 37.0 Å². The van der Waals surface area contributed by atoms with E-state index in [0.29, 0.717) is 78.5 Å². The van der Waals surface area contributed by atoms with Crippen molar-refractivity contribution in [1.29, 1.82) is 0 Å². The summed E-state index contributed by atoms with van der Waals surface area (Å²) >= 11 is 0. The molecule has 5 aromatic heterocycles. The number of esters is 1. The number of aromatic amines is 2. The molecule has 0 spiro atoms. The van der Waals surface area contributed by atoms with E-state index in [1.165, 1.54) is 28.3 Å². The van der Waals surface area contributed by atoms with Gasteiger partial charge < -0.3 is 44.8 Å². The zero-order valence-electron chi connectivity index (χ0n) is 37.7. The Morgan fingerprint density at radius 3 is 1.90 bits per heavy atom. The molecule has 5 aromatic rings. The lowest BCUT2D eigenvalue weighted by atomic mass is 10.00. The molecule has 1 atom stereocenters. The van der Waals surface area contributed by atoms with Crippen molar-refractivity contribution < 1.29 is 47.0 Å². The molecule has 0 saturated carbocycles. The van der Waals surface area contributed by atoms with Crippen molar-refractivity contribution in [2.75, 3.05) is 13.2 Å². The molecule has 23 heteroatoms. The summed E-state index contributed by atoms with van der Waals surface area (Å²) in [5.74, 6) is -1.17. The van der Waals surface area contributed by atoms with Crippen LogP contribution in [-0.4, -0.2) is 92.1 Å². The van der Waals surface area contributed by atoms with Crippen molar-refractivity contribution in [3.63, 3.8) is 0 Å². The fourth-order valence-corrected chi connectivity index (χ4v) is 9.39. The highest BCUT2D eigenvalue weighted by molar-refractivity contribution is 7.95. The predicted octanol–water partition coefficient (Wildman–Crippen LogP) is 7.28. The van der Waals surface area contributed by atoms with E-state index >= 15 is 0 Å². The Bertz CT molecular complexity index is 3230. The summed E-state index contributed by atoms with van der Waals surface area (Å²) in [4.78, 5) is 71.2. The maximum absolute atomic E-state index is 13.2. The van der Waals surface area contributed by atoms with Crippen LogP contribution in [-0.2, 0) is 48.7 Å². The van der Waals surface area contributed by atoms with Crippen molar-refractivity contribution in [3.05, 3.63) is 114 Å². The number of aliphatic carboxylic acids is 1.